The number of hydrogen-bond acceptors (Lipinski definition) is 4. The highest BCUT2D eigenvalue weighted by Gasteiger charge is 2.27. The highest BCUT2D eigenvalue weighted by atomic mass is 19.1. The van der Waals surface area contributed by atoms with E-state index in [1.165, 1.54) is 6.07 Å². The van der Waals surface area contributed by atoms with Gasteiger partial charge in [-0.15, -0.1) is 0 Å². The molecule has 1 aromatic carbocycles. The smallest absolute Gasteiger partial charge is 0.168 e. The number of carbonyl (C=O) groups is 1. The topological polar surface area (TPSA) is 58.4 Å². The average Bonchev–Trinajstić information content (AvgIpc) is 2.45. The molecule has 0 bridgehead atoms. The average molecular weight is 283 g/mol. The van der Waals surface area contributed by atoms with E-state index in [4.69, 9.17) is 5.73 Å². The minimum atomic E-state index is -0.779. The molecule has 0 spiro atoms. The van der Waals surface area contributed by atoms with Gasteiger partial charge in [0.2, 0.25) is 0 Å². The Labute approximate surface area is 116 Å². The van der Waals surface area contributed by atoms with Crippen LogP contribution in [0.15, 0.2) is 18.2 Å². The summed E-state index contributed by atoms with van der Waals surface area (Å²) < 4.78 is 26.4. The molecule has 4 nitrogen and oxygen atoms in total. The summed E-state index contributed by atoms with van der Waals surface area (Å²) in [6, 6.07) is 3.10. The molecule has 3 N–H and O–H groups in total. The van der Waals surface area contributed by atoms with Crippen LogP contribution in [0.5, 0.6) is 0 Å². The van der Waals surface area contributed by atoms with Gasteiger partial charge >= 0.3 is 0 Å². The normalized spacial score (nSPS) is 17.4. The molecule has 0 aromatic heterocycles. The lowest BCUT2D eigenvalue weighted by Crippen LogP contribution is -2.46. The quantitative estimate of drug-likeness (QED) is 0.800. The van der Waals surface area contributed by atoms with Gasteiger partial charge in [-0.1, -0.05) is 0 Å². The summed E-state index contributed by atoms with van der Waals surface area (Å²) >= 11 is 0. The third-order valence-corrected chi connectivity index (χ3v) is 3.54. The number of hydrazine groups is 1. The van der Waals surface area contributed by atoms with Crippen LogP contribution in [0.2, 0.25) is 0 Å². The molecule has 1 fully saturated rings. The maximum absolute atomic E-state index is 13.6. The molecule has 0 aliphatic carbocycles. The first-order valence-electron chi connectivity index (χ1n) is 6.79. The Bertz CT molecular complexity index is 473. The number of halogens is 2. The van der Waals surface area contributed by atoms with E-state index >= 15 is 0 Å². The summed E-state index contributed by atoms with van der Waals surface area (Å²) in [5, 5.41) is 2.03. The Balaban J connectivity index is 1.94. The van der Waals surface area contributed by atoms with Crippen molar-refractivity contribution in [3.63, 3.8) is 0 Å². The van der Waals surface area contributed by atoms with Crippen LogP contribution < -0.4 is 11.2 Å². The van der Waals surface area contributed by atoms with Crippen LogP contribution in [0.1, 0.15) is 23.2 Å². The molecule has 1 aromatic rings. The number of ketones is 1. The van der Waals surface area contributed by atoms with Crippen molar-refractivity contribution < 1.29 is 13.6 Å². The van der Waals surface area contributed by atoms with Gasteiger partial charge in [-0.25, -0.2) is 13.8 Å². The van der Waals surface area contributed by atoms with Crippen molar-refractivity contribution in [3.05, 3.63) is 35.4 Å². The molecule has 0 amide bonds. The molecule has 2 rings (SSSR count). The Morgan fingerprint density at radius 2 is 2.05 bits per heavy atom. The van der Waals surface area contributed by atoms with Gasteiger partial charge in [0.05, 0.1) is 5.56 Å². The van der Waals surface area contributed by atoms with E-state index in [9.17, 15) is 13.6 Å². The van der Waals surface area contributed by atoms with Crippen LogP contribution in [0, 0.1) is 17.6 Å². The Morgan fingerprint density at radius 1 is 1.35 bits per heavy atom. The number of nitrogens with one attached hydrogen (secondary N) is 1. The molecule has 1 heterocycles. The van der Waals surface area contributed by atoms with Gasteiger partial charge in [-0.3, -0.25) is 10.2 Å². The van der Waals surface area contributed by atoms with Gasteiger partial charge in [0, 0.05) is 38.2 Å². The van der Waals surface area contributed by atoms with E-state index in [0.29, 0.717) is 25.9 Å². The van der Waals surface area contributed by atoms with Gasteiger partial charge in [-0.05, 0) is 25.0 Å². The molecule has 0 unspecified atom stereocenters. The summed E-state index contributed by atoms with van der Waals surface area (Å²) in [4.78, 5) is 12.2. The van der Waals surface area contributed by atoms with Gasteiger partial charge in [-0.2, -0.15) is 0 Å². The standard InChI is InChI=1S/C14H19F2N3O/c15-11-1-2-12(13(16)9-11)14(20)10-3-7-19(8-4-10)18-6-5-17/h1-2,9-10,18H,3-8,17H2. The molecule has 6 heteroatoms. The zero-order chi connectivity index (χ0) is 14.5. The fraction of sp³-hybridized carbons (Fsp3) is 0.500. The Kier molecular flexibility index (Phi) is 5.17. The predicted octanol–water partition coefficient (Wildman–Crippen LogP) is 1.32. The molecule has 0 radical (unpaired) electrons. The van der Waals surface area contributed by atoms with Crippen molar-refractivity contribution in [2.75, 3.05) is 26.2 Å². The minimum Gasteiger partial charge on any atom is -0.329 e. The second-order valence-electron chi connectivity index (χ2n) is 4.95. The fourth-order valence-corrected chi connectivity index (χ4v) is 2.43. The maximum Gasteiger partial charge on any atom is 0.168 e. The van der Waals surface area contributed by atoms with Crippen LogP contribution >= 0.6 is 0 Å². The minimum absolute atomic E-state index is 0.0141. The first-order chi connectivity index (χ1) is 9.61. The fourth-order valence-electron chi connectivity index (χ4n) is 2.43. The second-order valence-corrected chi connectivity index (χ2v) is 4.95. The first-order valence-corrected chi connectivity index (χ1v) is 6.79. The zero-order valence-corrected chi connectivity index (χ0v) is 11.2. The Hall–Kier alpha value is -1.37. The molecule has 1 aliphatic heterocycles. The lowest BCUT2D eigenvalue weighted by atomic mass is 9.89. The van der Waals surface area contributed by atoms with E-state index in [0.717, 1.165) is 25.2 Å². The predicted molar refractivity (Wildman–Crippen MR) is 72.0 cm³/mol. The zero-order valence-electron chi connectivity index (χ0n) is 11.2. The number of nitrogens with two attached hydrogens (primary N) is 1. The van der Waals surface area contributed by atoms with E-state index < -0.39 is 11.6 Å². The van der Waals surface area contributed by atoms with Crippen LogP contribution in [0.4, 0.5) is 8.78 Å². The van der Waals surface area contributed by atoms with Gasteiger partial charge in [0.1, 0.15) is 11.6 Å². The number of hydrogen-bond donors (Lipinski definition) is 2. The third-order valence-electron chi connectivity index (χ3n) is 3.54. The molecule has 20 heavy (non-hydrogen) atoms. The highest BCUT2D eigenvalue weighted by Crippen LogP contribution is 2.22. The summed E-state index contributed by atoms with van der Waals surface area (Å²) in [7, 11) is 0. The number of rotatable bonds is 5. The molecule has 110 valence electrons. The molecular formula is C14H19F2N3O. The van der Waals surface area contributed by atoms with Gasteiger partial charge in [0.25, 0.3) is 0 Å². The largest absolute Gasteiger partial charge is 0.329 e. The summed E-state index contributed by atoms with van der Waals surface area (Å²) in [6.45, 7) is 2.70. The van der Waals surface area contributed by atoms with E-state index in [2.05, 4.69) is 5.43 Å². The number of piperidine rings is 1. The lowest BCUT2D eigenvalue weighted by Gasteiger charge is -2.31. The van der Waals surface area contributed by atoms with Crippen LogP contribution in [0.3, 0.4) is 0 Å². The lowest BCUT2D eigenvalue weighted by molar-refractivity contribution is 0.0775. The SMILES string of the molecule is NCCNN1CCC(C(=O)c2ccc(F)cc2F)CC1. The molecular weight excluding hydrogens is 264 g/mol. The van der Waals surface area contributed by atoms with Crippen LogP contribution in [-0.4, -0.2) is 37.0 Å². The number of Topliss-reactive ketones (excluding diaryl/α,β-unsaturated/α-hetero) is 1. The third kappa shape index (κ3) is 3.59. The van der Waals surface area contributed by atoms with E-state index in [1.807, 2.05) is 5.01 Å². The van der Waals surface area contributed by atoms with Crippen molar-refractivity contribution in [3.8, 4) is 0 Å². The van der Waals surface area contributed by atoms with Crippen LogP contribution in [-0.2, 0) is 0 Å². The van der Waals surface area contributed by atoms with E-state index in [-0.39, 0.29) is 17.3 Å². The number of benzene rings is 1. The number of carbonyl (C=O) groups excluding carboxylic acids is 1. The molecule has 1 aliphatic rings. The van der Waals surface area contributed by atoms with Crippen molar-refractivity contribution in [1.29, 1.82) is 0 Å². The van der Waals surface area contributed by atoms with Gasteiger partial charge < -0.3 is 5.73 Å². The second kappa shape index (κ2) is 6.88. The molecule has 0 saturated carbocycles. The summed E-state index contributed by atoms with van der Waals surface area (Å²) in [6.07, 6.45) is 1.32. The Morgan fingerprint density at radius 3 is 2.65 bits per heavy atom. The first kappa shape index (κ1) is 15.0. The van der Waals surface area contributed by atoms with E-state index in [1.54, 1.807) is 0 Å². The van der Waals surface area contributed by atoms with Crippen LogP contribution in [0.25, 0.3) is 0 Å². The molecule has 1 saturated heterocycles. The maximum atomic E-state index is 13.6. The molecule has 0 atom stereocenters. The summed E-state index contributed by atoms with van der Waals surface area (Å²) in [5.74, 6) is -1.88. The highest BCUT2D eigenvalue weighted by molar-refractivity contribution is 5.98. The van der Waals surface area contributed by atoms with Crippen molar-refractivity contribution in [2.45, 2.75) is 12.8 Å². The van der Waals surface area contributed by atoms with Gasteiger partial charge in [0.15, 0.2) is 5.78 Å². The summed E-state index contributed by atoms with van der Waals surface area (Å²) in [5.41, 5.74) is 8.56. The van der Waals surface area contributed by atoms with Crippen molar-refractivity contribution in [2.24, 2.45) is 11.7 Å². The monoisotopic (exact) mass is 283 g/mol. The van der Waals surface area contributed by atoms with Crippen molar-refractivity contribution >= 4 is 5.78 Å². The number of nitrogens with zero attached hydrogens (tertiary/aromatic N) is 1. The van der Waals surface area contributed by atoms with Crippen molar-refractivity contribution in [1.82, 2.24) is 10.4 Å².